The molecule has 1 saturated heterocycles. The monoisotopic (exact) mass is 494 g/mol. The number of ether oxygens (including phenoxy) is 1. The lowest BCUT2D eigenvalue weighted by Crippen LogP contribution is -2.52. The van der Waals surface area contributed by atoms with Gasteiger partial charge in [-0.2, -0.15) is 5.01 Å². The van der Waals surface area contributed by atoms with Crippen molar-refractivity contribution in [3.05, 3.63) is 94.5 Å². The van der Waals surface area contributed by atoms with Crippen molar-refractivity contribution in [1.82, 2.24) is 10.0 Å². The Balaban J connectivity index is 1.10. The van der Waals surface area contributed by atoms with Crippen LogP contribution in [0.1, 0.15) is 51.9 Å². The molecule has 8 nitrogen and oxygen atoms in total. The average Bonchev–Trinajstić information content (AvgIpc) is 3.24. The Labute approximate surface area is 214 Å². The fraction of sp³-hybridized carbons (Fsp3) is 0.241. The number of anilines is 1. The van der Waals surface area contributed by atoms with Gasteiger partial charge in [0.25, 0.3) is 5.91 Å². The minimum absolute atomic E-state index is 0.138. The normalized spacial score (nSPS) is 16.8. The molecular weight excluding hydrogens is 468 g/mol. The molecule has 3 aliphatic heterocycles. The van der Waals surface area contributed by atoms with Crippen LogP contribution in [0.25, 0.3) is 0 Å². The van der Waals surface area contributed by atoms with Gasteiger partial charge in [-0.1, -0.05) is 48.5 Å². The molecule has 1 fully saturated rings. The zero-order chi connectivity index (χ0) is 25.4. The smallest absolute Gasteiger partial charge is 0.273 e. The van der Waals surface area contributed by atoms with E-state index in [4.69, 9.17) is 4.74 Å². The Morgan fingerprint density at radius 1 is 0.865 bits per heavy atom. The largest absolute Gasteiger partial charge is 0.489 e. The van der Waals surface area contributed by atoms with Crippen LogP contribution >= 0.6 is 0 Å². The number of hydrogen-bond donors (Lipinski definition) is 1. The number of carbonyl (C=O) groups excluding carboxylic acids is 3. The van der Waals surface area contributed by atoms with E-state index in [1.807, 2.05) is 30.3 Å². The predicted molar refractivity (Wildman–Crippen MR) is 138 cm³/mol. The molecule has 8 heteroatoms. The highest BCUT2D eigenvalue weighted by Crippen LogP contribution is 2.33. The number of benzene rings is 3. The number of carbonyl (C=O) groups is 3. The van der Waals surface area contributed by atoms with Gasteiger partial charge in [-0.3, -0.25) is 19.4 Å². The summed E-state index contributed by atoms with van der Waals surface area (Å²) in [5.74, 6) is 0.503. The van der Waals surface area contributed by atoms with Gasteiger partial charge in [0.15, 0.2) is 0 Å². The highest BCUT2D eigenvalue weighted by molar-refractivity contribution is 6.05. The van der Waals surface area contributed by atoms with Crippen LogP contribution in [-0.4, -0.2) is 33.6 Å². The first-order valence-electron chi connectivity index (χ1n) is 12.4. The maximum atomic E-state index is 13.0. The third-order valence-electron chi connectivity index (χ3n) is 6.93. The van der Waals surface area contributed by atoms with E-state index in [0.717, 1.165) is 27.7 Å². The van der Waals surface area contributed by atoms with E-state index in [0.29, 0.717) is 42.9 Å². The summed E-state index contributed by atoms with van der Waals surface area (Å²) in [5, 5.41) is 5.67. The summed E-state index contributed by atoms with van der Waals surface area (Å²) in [7, 11) is 0. The fourth-order valence-corrected chi connectivity index (χ4v) is 4.96. The number of nitrogens with zero attached hydrogens (tertiary/aromatic N) is 3. The first-order chi connectivity index (χ1) is 18.1. The first kappa shape index (κ1) is 23.0. The summed E-state index contributed by atoms with van der Waals surface area (Å²) >= 11 is 0. The molecule has 0 saturated carbocycles. The van der Waals surface area contributed by atoms with Crippen LogP contribution in [0.3, 0.4) is 0 Å². The number of aliphatic imine (C=N–C) groups is 1. The lowest BCUT2D eigenvalue weighted by molar-refractivity contribution is -0.163. The molecule has 3 amide bonds. The van der Waals surface area contributed by atoms with Gasteiger partial charge in [0, 0.05) is 30.5 Å². The van der Waals surface area contributed by atoms with Gasteiger partial charge in [0.1, 0.15) is 18.2 Å². The molecule has 0 aliphatic carbocycles. The molecule has 3 aromatic carbocycles. The topological polar surface area (TPSA) is 91.3 Å². The van der Waals surface area contributed by atoms with Crippen molar-refractivity contribution in [2.24, 2.45) is 4.99 Å². The Morgan fingerprint density at radius 3 is 2.43 bits per heavy atom. The Bertz CT molecular complexity index is 1410. The van der Waals surface area contributed by atoms with E-state index in [1.165, 1.54) is 10.6 Å². The van der Waals surface area contributed by atoms with Gasteiger partial charge < -0.3 is 10.1 Å². The molecule has 37 heavy (non-hydrogen) atoms. The van der Waals surface area contributed by atoms with Crippen LogP contribution in [0.5, 0.6) is 5.75 Å². The van der Waals surface area contributed by atoms with Crippen LogP contribution < -0.4 is 10.1 Å². The van der Waals surface area contributed by atoms with Crippen LogP contribution in [0, 0.1) is 0 Å². The second-order valence-corrected chi connectivity index (χ2v) is 9.42. The minimum Gasteiger partial charge on any atom is -0.489 e. The highest BCUT2D eigenvalue weighted by Gasteiger charge is 2.40. The molecule has 0 spiro atoms. The predicted octanol–water partition coefficient (Wildman–Crippen LogP) is 4.24. The average molecular weight is 495 g/mol. The maximum Gasteiger partial charge on any atom is 0.273 e. The number of hydrogen-bond acceptors (Lipinski definition) is 6. The molecule has 6 rings (SSSR count). The van der Waals surface area contributed by atoms with Gasteiger partial charge in [0.05, 0.1) is 18.7 Å². The molecule has 0 unspecified atom stereocenters. The number of piperidine rings is 1. The summed E-state index contributed by atoms with van der Waals surface area (Å²) in [6.07, 6.45) is 1.77. The molecule has 1 N–H and O–H groups in total. The molecule has 0 bridgehead atoms. The standard InChI is InChI=1S/C29H26N4O4/c34-27-9-4-10-28(35)33(27)32-17-23-22(29(32)36)6-3-8-25(23)37-18-20-13-11-19(12-14-20)15-26-30-16-21-5-1-2-7-24(21)31-26/h1-3,5-8,11-14H,4,9-10,15-18H2,(H,30,31). The second-order valence-electron chi connectivity index (χ2n) is 9.42. The lowest BCUT2D eigenvalue weighted by atomic mass is 10.1. The summed E-state index contributed by atoms with van der Waals surface area (Å²) in [6, 6.07) is 21.7. The summed E-state index contributed by atoms with van der Waals surface area (Å²) in [4.78, 5) is 42.4. The molecule has 3 aromatic rings. The van der Waals surface area contributed by atoms with Crippen molar-refractivity contribution in [3.63, 3.8) is 0 Å². The zero-order valence-electron chi connectivity index (χ0n) is 20.3. The minimum atomic E-state index is -0.352. The number of amides is 3. The maximum absolute atomic E-state index is 13.0. The Kier molecular flexibility index (Phi) is 5.92. The highest BCUT2D eigenvalue weighted by atomic mass is 16.5. The van der Waals surface area contributed by atoms with Crippen molar-refractivity contribution >= 4 is 29.2 Å². The van der Waals surface area contributed by atoms with Crippen LogP contribution in [-0.2, 0) is 35.7 Å². The molecule has 3 aliphatic rings. The zero-order valence-corrected chi connectivity index (χ0v) is 20.3. The molecule has 186 valence electrons. The van der Waals surface area contributed by atoms with Crippen LogP contribution in [0.2, 0.25) is 0 Å². The number of para-hydroxylation sites is 1. The Morgan fingerprint density at radius 2 is 1.62 bits per heavy atom. The number of fused-ring (bicyclic) bond motifs is 2. The molecule has 0 atom stereocenters. The SMILES string of the molecule is O=C1c2cccc(OCc3ccc(CC4=NCc5ccccc5N4)cc3)c2CN1N1C(=O)CCCC1=O. The summed E-state index contributed by atoms with van der Waals surface area (Å²) in [5.41, 5.74) is 5.60. The van der Waals surface area contributed by atoms with Crippen LogP contribution in [0.15, 0.2) is 71.7 Å². The quantitative estimate of drug-likeness (QED) is 0.518. The number of amidine groups is 1. The van der Waals surface area contributed by atoms with E-state index in [2.05, 4.69) is 34.6 Å². The van der Waals surface area contributed by atoms with E-state index < -0.39 is 0 Å². The summed E-state index contributed by atoms with van der Waals surface area (Å²) in [6.45, 7) is 1.16. The third-order valence-corrected chi connectivity index (χ3v) is 6.93. The van der Waals surface area contributed by atoms with Crippen molar-refractivity contribution in [2.75, 3.05) is 5.32 Å². The fourth-order valence-electron chi connectivity index (χ4n) is 4.96. The van der Waals surface area contributed by atoms with E-state index in [9.17, 15) is 14.4 Å². The van der Waals surface area contributed by atoms with E-state index in [-0.39, 0.29) is 37.1 Å². The van der Waals surface area contributed by atoms with E-state index >= 15 is 0 Å². The van der Waals surface area contributed by atoms with E-state index in [1.54, 1.807) is 12.1 Å². The molecular formula is C29H26N4O4. The van der Waals surface area contributed by atoms with Crippen molar-refractivity contribution < 1.29 is 19.1 Å². The third kappa shape index (κ3) is 4.46. The Hall–Kier alpha value is -4.46. The number of imide groups is 1. The lowest BCUT2D eigenvalue weighted by Gasteiger charge is -2.32. The molecule has 0 aromatic heterocycles. The molecule has 0 radical (unpaired) electrons. The number of rotatable bonds is 6. The van der Waals surface area contributed by atoms with Crippen molar-refractivity contribution in [3.8, 4) is 5.75 Å². The van der Waals surface area contributed by atoms with Crippen LogP contribution in [0.4, 0.5) is 5.69 Å². The number of nitrogens with one attached hydrogen (secondary N) is 1. The van der Waals surface area contributed by atoms with Gasteiger partial charge in [-0.25, -0.2) is 5.01 Å². The first-order valence-corrected chi connectivity index (χ1v) is 12.4. The molecule has 3 heterocycles. The summed E-state index contributed by atoms with van der Waals surface area (Å²) < 4.78 is 6.10. The van der Waals surface area contributed by atoms with Gasteiger partial charge >= 0.3 is 0 Å². The van der Waals surface area contributed by atoms with Gasteiger partial charge in [-0.05, 0) is 41.3 Å². The van der Waals surface area contributed by atoms with Gasteiger partial charge in [0.2, 0.25) is 11.8 Å². The van der Waals surface area contributed by atoms with Crippen molar-refractivity contribution in [1.29, 1.82) is 0 Å². The van der Waals surface area contributed by atoms with Crippen molar-refractivity contribution in [2.45, 2.75) is 45.4 Å². The second kappa shape index (κ2) is 9.54. The van der Waals surface area contributed by atoms with Gasteiger partial charge in [-0.15, -0.1) is 0 Å². The number of hydrazine groups is 1.